The lowest BCUT2D eigenvalue weighted by atomic mass is 10.1. The minimum atomic E-state index is -0.184. The van der Waals surface area contributed by atoms with Gasteiger partial charge in [0.05, 0.1) is 6.61 Å². The Morgan fingerprint density at radius 2 is 2.44 bits per heavy atom. The van der Waals surface area contributed by atoms with Gasteiger partial charge in [-0.05, 0) is 26.4 Å². The number of amides is 1. The molecular formula is C11H22N2O3. The third-order valence-corrected chi connectivity index (χ3v) is 2.76. The van der Waals surface area contributed by atoms with Gasteiger partial charge >= 0.3 is 6.09 Å². The van der Waals surface area contributed by atoms with Crippen molar-refractivity contribution in [3.63, 3.8) is 0 Å². The molecule has 16 heavy (non-hydrogen) atoms. The summed E-state index contributed by atoms with van der Waals surface area (Å²) < 4.78 is 10.1. The molecule has 1 fully saturated rings. The number of carbonyl (C=O) groups excluding carboxylic acids is 1. The molecule has 0 spiro atoms. The topological polar surface area (TPSA) is 50.8 Å². The maximum atomic E-state index is 11.5. The third-order valence-electron chi connectivity index (χ3n) is 2.76. The van der Waals surface area contributed by atoms with E-state index in [1.165, 1.54) is 0 Å². The molecule has 0 aromatic carbocycles. The van der Waals surface area contributed by atoms with E-state index in [1.54, 1.807) is 12.0 Å². The summed E-state index contributed by atoms with van der Waals surface area (Å²) >= 11 is 0. The molecule has 0 bridgehead atoms. The average Bonchev–Trinajstić information content (AvgIpc) is 2.30. The Balaban J connectivity index is 2.27. The summed E-state index contributed by atoms with van der Waals surface area (Å²) in [6.07, 6.45) is 1.73. The van der Waals surface area contributed by atoms with Gasteiger partial charge in [0.25, 0.3) is 0 Å². The second-order valence-corrected chi connectivity index (χ2v) is 4.13. The molecule has 1 atom stereocenters. The van der Waals surface area contributed by atoms with Crippen LogP contribution in [-0.4, -0.2) is 58.0 Å². The molecule has 5 nitrogen and oxygen atoms in total. The molecule has 0 saturated carbocycles. The van der Waals surface area contributed by atoms with Gasteiger partial charge in [-0.15, -0.1) is 0 Å². The maximum Gasteiger partial charge on any atom is 0.409 e. The van der Waals surface area contributed by atoms with E-state index >= 15 is 0 Å². The maximum absolute atomic E-state index is 11.5. The van der Waals surface area contributed by atoms with Crippen molar-refractivity contribution in [3.8, 4) is 0 Å². The molecule has 1 aliphatic heterocycles. The van der Waals surface area contributed by atoms with E-state index in [2.05, 4.69) is 5.32 Å². The summed E-state index contributed by atoms with van der Waals surface area (Å²) in [7, 11) is 3.61. The van der Waals surface area contributed by atoms with Crippen LogP contribution < -0.4 is 5.32 Å². The molecule has 1 unspecified atom stereocenters. The molecule has 1 heterocycles. The number of ether oxygens (including phenoxy) is 2. The van der Waals surface area contributed by atoms with E-state index in [0.717, 1.165) is 32.5 Å². The number of hydrogen-bond acceptors (Lipinski definition) is 4. The van der Waals surface area contributed by atoms with E-state index in [1.807, 2.05) is 7.05 Å². The molecule has 0 aliphatic carbocycles. The Morgan fingerprint density at radius 1 is 1.62 bits per heavy atom. The highest BCUT2D eigenvalue weighted by molar-refractivity contribution is 5.68. The number of nitrogens with zero attached hydrogens (tertiary/aromatic N) is 1. The number of cyclic esters (lactones) is 1. The van der Waals surface area contributed by atoms with Crippen molar-refractivity contribution in [2.45, 2.75) is 12.8 Å². The van der Waals surface area contributed by atoms with Gasteiger partial charge in [0, 0.05) is 32.7 Å². The molecule has 1 N–H and O–H groups in total. The van der Waals surface area contributed by atoms with Crippen LogP contribution in [0, 0.1) is 5.92 Å². The van der Waals surface area contributed by atoms with E-state index < -0.39 is 0 Å². The van der Waals surface area contributed by atoms with Crippen molar-refractivity contribution in [3.05, 3.63) is 0 Å². The van der Waals surface area contributed by atoms with Crippen LogP contribution in [0.1, 0.15) is 12.8 Å². The molecule has 1 aliphatic rings. The van der Waals surface area contributed by atoms with Gasteiger partial charge < -0.3 is 19.7 Å². The summed E-state index contributed by atoms with van der Waals surface area (Å²) in [5.41, 5.74) is 0. The number of hydrogen-bond donors (Lipinski definition) is 1. The van der Waals surface area contributed by atoms with Crippen LogP contribution in [0.5, 0.6) is 0 Å². The summed E-state index contributed by atoms with van der Waals surface area (Å²) in [6, 6.07) is 0. The number of carbonyl (C=O) groups is 1. The predicted molar refractivity (Wildman–Crippen MR) is 61.4 cm³/mol. The average molecular weight is 230 g/mol. The second-order valence-electron chi connectivity index (χ2n) is 4.13. The van der Waals surface area contributed by atoms with E-state index in [4.69, 9.17) is 9.47 Å². The molecule has 0 radical (unpaired) electrons. The van der Waals surface area contributed by atoms with Crippen molar-refractivity contribution in [2.75, 3.05) is 47.0 Å². The highest BCUT2D eigenvalue weighted by Gasteiger charge is 2.26. The van der Waals surface area contributed by atoms with E-state index in [0.29, 0.717) is 19.1 Å². The minimum absolute atomic E-state index is 0.184. The summed E-state index contributed by atoms with van der Waals surface area (Å²) in [5, 5.41) is 3.11. The zero-order valence-corrected chi connectivity index (χ0v) is 10.2. The predicted octanol–water partition coefficient (Wildman–Crippen LogP) is 0.701. The molecular weight excluding hydrogens is 208 g/mol. The Hall–Kier alpha value is -0.810. The standard InChI is InChI=1S/C11H22N2O3/c1-12-5-4-10-8-13(6-3-7-15-2)11(14)16-9-10/h10,12H,3-9H2,1-2H3. The summed E-state index contributed by atoms with van der Waals surface area (Å²) in [5.74, 6) is 0.452. The fourth-order valence-corrected chi connectivity index (χ4v) is 1.82. The first-order chi connectivity index (χ1) is 7.77. The van der Waals surface area contributed by atoms with E-state index in [-0.39, 0.29) is 6.09 Å². The molecule has 1 saturated heterocycles. The lowest BCUT2D eigenvalue weighted by molar-refractivity contribution is 0.0379. The largest absolute Gasteiger partial charge is 0.449 e. The molecule has 94 valence electrons. The molecule has 0 aromatic rings. The first-order valence-corrected chi connectivity index (χ1v) is 5.83. The lowest BCUT2D eigenvalue weighted by Gasteiger charge is -2.32. The van der Waals surface area contributed by atoms with Gasteiger partial charge in [-0.2, -0.15) is 0 Å². The van der Waals surface area contributed by atoms with Gasteiger partial charge in [-0.3, -0.25) is 0 Å². The molecule has 5 heteroatoms. The van der Waals surface area contributed by atoms with Crippen LogP contribution in [0.2, 0.25) is 0 Å². The van der Waals surface area contributed by atoms with Crippen molar-refractivity contribution >= 4 is 6.09 Å². The van der Waals surface area contributed by atoms with Crippen LogP contribution in [0.15, 0.2) is 0 Å². The normalized spacial score (nSPS) is 21.0. The number of nitrogens with one attached hydrogen (secondary N) is 1. The smallest absolute Gasteiger partial charge is 0.409 e. The van der Waals surface area contributed by atoms with Crippen molar-refractivity contribution < 1.29 is 14.3 Å². The lowest BCUT2D eigenvalue weighted by Crippen LogP contribution is -2.44. The van der Waals surface area contributed by atoms with Crippen LogP contribution >= 0.6 is 0 Å². The van der Waals surface area contributed by atoms with Crippen LogP contribution in [0.3, 0.4) is 0 Å². The summed E-state index contributed by atoms with van der Waals surface area (Å²) in [4.78, 5) is 13.2. The third kappa shape index (κ3) is 4.37. The van der Waals surface area contributed by atoms with Crippen LogP contribution in [0.25, 0.3) is 0 Å². The highest BCUT2D eigenvalue weighted by atomic mass is 16.6. The van der Waals surface area contributed by atoms with Crippen LogP contribution in [-0.2, 0) is 9.47 Å². The number of methoxy groups -OCH3 is 1. The van der Waals surface area contributed by atoms with Crippen molar-refractivity contribution in [1.82, 2.24) is 10.2 Å². The quantitative estimate of drug-likeness (QED) is 0.654. The molecule has 1 rings (SSSR count). The molecule has 0 aromatic heterocycles. The van der Waals surface area contributed by atoms with Crippen molar-refractivity contribution in [2.24, 2.45) is 5.92 Å². The Kier molecular flexibility index (Phi) is 6.18. The first-order valence-electron chi connectivity index (χ1n) is 5.83. The van der Waals surface area contributed by atoms with Gasteiger partial charge in [0.1, 0.15) is 0 Å². The molecule has 1 amide bonds. The van der Waals surface area contributed by atoms with Crippen LogP contribution in [0.4, 0.5) is 4.79 Å². The van der Waals surface area contributed by atoms with Gasteiger partial charge in [-0.1, -0.05) is 0 Å². The zero-order valence-electron chi connectivity index (χ0n) is 10.2. The second kappa shape index (κ2) is 7.46. The SMILES string of the molecule is CNCCC1COC(=O)N(CCCOC)C1. The summed E-state index contributed by atoms with van der Waals surface area (Å²) in [6.45, 7) is 3.74. The van der Waals surface area contributed by atoms with E-state index in [9.17, 15) is 4.79 Å². The fourth-order valence-electron chi connectivity index (χ4n) is 1.82. The number of rotatable bonds is 7. The fraction of sp³-hybridized carbons (Fsp3) is 0.909. The monoisotopic (exact) mass is 230 g/mol. The van der Waals surface area contributed by atoms with Gasteiger partial charge in [-0.25, -0.2) is 4.79 Å². The van der Waals surface area contributed by atoms with Gasteiger partial charge in [0.15, 0.2) is 0 Å². The first kappa shape index (κ1) is 13.3. The van der Waals surface area contributed by atoms with Gasteiger partial charge in [0.2, 0.25) is 0 Å². The van der Waals surface area contributed by atoms with Crippen molar-refractivity contribution in [1.29, 1.82) is 0 Å². The Morgan fingerprint density at radius 3 is 3.12 bits per heavy atom. The Labute approximate surface area is 97.1 Å². The Bertz CT molecular complexity index is 211. The highest BCUT2D eigenvalue weighted by Crippen LogP contribution is 2.14. The minimum Gasteiger partial charge on any atom is -0.449 e. The zero-order chi connectivity index (χ0) is 11.8.